The number of nitrogens with one attached hydrogen (secondary N) is 4. The van der Waals surface area contributed by atoms with Crippen LogP contribution in [0.4, 0.5) is 21.5 Å². The van der Waals surface area contributed by atoms with Crippen molar-refractivity contribution in [1.82, 2.24) is 39.2 Å². The summed E-state index contributed by atoms with van der Waals surface area (Å²) >= 11 is 5.79. The van der Waals surface area contributed by atoms with Gasteiger partial charge in [0.1, 0.15) is 5.56 Å². The van der Waals surface area contributed by atoms with E-state index in [4.69, 9.17) is 39.5 Å². The normalized spacial score (nSPS) is 10.8. The van der Waals surface area contributed by atoms with Gasteiger partial charge >= 0.3 is 28.3 Å². The Morgan fingerprint density at radius 1 is 0.745 bits per heavy atom. The van der Waals surface area contributed by atoms with Gasteiger partial charge in [-0.15, -0.1) is 0 Å². The predicted octanol–water partition coefficient (Wildman–Crippen LogP) is 1.52. The van der Waals surface area contributed by atoms with Gasteiger partial charge in [-0.05, 0) is 19.1 Å². The average Bonchev–Trinajstić information content (AvgIpc) is 3.45. The molecule has 0 aliphatic carbocycles. The number of hydrogen-bond donors (Lipinski definition) is 4. The van der Waals surface area contributed by atoms with Gasteiger partial charge in [0, 0.05) is 7.05 Å². The number of sulfonamides is 1. The number of methoxy groups -OCH3 is 5. The quantitative estimate of drug-likeness (QED) is 0.131. The van der Waals surface area contributed by atoms with Crippen LogP contribution in [0.2, 0.25) is 5.15 Å². The molecule has 0 aliphatic rings. The first-order valence-electron chi connectivity index (χ1n) is 14.8. The Kier molecular flexibility index (Phi) is 14.9. The lowest BCUT2D eigenvalue weighted by atomic mass is 10.3. The largest absolute Gasteiger partial charge is 0.490 e. The molecule has 0 spiro atoms. The molecule has 3 aromatic heterocycles. The number of esters is 1. The zero-order valence-electron chi connectivity index (χ0n) is 29.8. The Hall–Kier alpha value is -6.41. The second-order valence-corrected chi connectivity index (χ2v) is 12.9. The van der Waals surface area contributed by atoms with Crippen LogP contribution < -0.4 is 47.9 Å². The lowest BCUT2D eigenvalue weighted by molar-refractivity contribution is 0.0595. The van der Waals surface area contributed by atoms with Crippen LogP contribution in [-0.2, 0) is 32.1 Å². The van der Waals surface area contributed by atoms with Crippen LogP contribution in [0, 0.1) is 0 Å². The zero-order chi connectivity index (χ0) is 40.9. The van der Waals surface area contributed by atoms with Crippen molar-refractivity contribution in [3.05, 3.63) is 47.1 Å². The van der Waals surface area contributed by atoms with E-state index in [1.165, 1.54) is 59.8 Å². The fourth-order valence-corrected chi connectivity index (χ4v) is 6.13. The lowest BCUT2D eigenvalue weighted by Gasteiger charge is -2.12. The molecule has 0 fully saturated rings. The molecule has 0 saturated carbocycles. The number of carbonyl (C=O) groups excluding carboxylic acids is 3. The summed E-state index contributed by atoms with van der Waals surface area (Å²) in [4.78, 5) is 51.3. The number of benzene rings is 1. The number of ether oxygens (including phenoxy) is 6. The molecule has 24 nitrogen and oxygen atoms in total. The third-order valence-corrected chi connectivity index (χ3v) is 8.57. The minimum atomic E-state index is -4.57. The Morgan fingerprint density at radius 3 is 1.64 bits per heavy atom. The van der Waals surface area contributed by atoms with Gasteiger partial charge in [-0.3, -0.25) is 15.3 Å². The number of carbonyl (C=O) groups is 3. The number of aryl methyl sites for hydroxylation is 1. The van der Waals surface area contributed by atoms with Crippen molar-refractivity contribution < 1.29 is 63.8 Å². The van der Waals surface area contributed by atoms with Crippen molar-refractivity contribution in [2.45, 2.75) is 11.9 Å². The molecule has 0 radical (unpaired) electrons. The number of para-hydroxylation sites is 2. The van der Waals surface area contributed by atoms with Crippen molar-refractivity contribution in [2.75, 3.05) is 52.8 Å². The monoisotopic (exact) mass is 832 g/mol. The third-order valence-electron chi connectivity index (χ3n) is 6.03. The van der Waals surface area contributed by atoms with Crippen molar-refractivity contribution >= 4 is 61.9 Å². The molecule has 0 saturated heterocycles. The molecule has 4 aromatic rings. The van der Waals surface area contributed by atoms with E-state index < -0.39 is 54.1 Å². The van der Waals surface area contributed by atoms with Crippen LogP contribution >= 0.6 is 11.6 Å². The minimum Gasteiger partial charge on any atom is -0.490 e. The molecule has 4 rings (SSSR count). The number of halogens is 1. The molecule has 3 heterocycles. The number of amides is 4. The van der Waals surface area contributed by atoms with Crippen LogP contribution in [0.3, 0.4) is 0 Å². The molecular weight excluding hydrogens is 800 g/mol. The third kappa shape index (κ3) is 12.1. The smallest absolute Gasteiger partial charge is 0.411 e. The maximum absolute atomic E-state index is 12.6. The summed E-state index contributed by atoms with van der Waals surface area (Å²) in [6.45, 7) is 2.04. The fourth-order valence-electron chi connectivity index (χ4n) is 3.87. The first-order chi connectivity index (χ1) is 26.0. The highest BCUT2D eigenvalue weighted by atomic mass is 35.5. The second-order valence-electron chi connectivity index (χ2n) is 9.67. The van der Waals surface area contributed by atoms with E-state index in [1.807, 2.05) is 0 Å². The first kappa shape index (κ1) is 43.0. The van der Waals surface area contributed by atoms with E-state index in [1.54, 1.807) is 28.5 Å². The highest BCUT2D eigenvalue weighted by Crippen LogP contribution is 2.28. The van der Waals surface area contributed by atoms with E-state index in [-0.39, 0.29) is 46.9 Å². The molecule has 55 heavy (non-hydrogen) atoms. The number of aromatic nitrogens is 6. The van der Waals surface area contributed by atoms with Gasteiger partial charge in [-0.2, -0.15) is 41.9 Å². The van der Waals surface area contributed by atoms with E-state index in [0.717, 1.165) is 11.8 Å². The van der Waals surface area contributed by atoms with Gasteiger partial charge in [0.25, 0.3) is 10.0 Å². The highest BCUT2D eigenvalue weighted by Gasteiger charge is 2.33. The number of nitrogens with zero attached hydrogens (tertiary/aromatic N) is 6. The average molecular weight is 833 g/mol. The molecule has 0 aliphatic heterocycles. The number of rotatable bonds is 14. The van der Waals surface area contributed by atoms with Gasteiger partial charge in [-0.25, -0.2) is 23.8 Å². The molecule has 298 valence electrons. The zero-order valence-corrected chi connectivity index (χ0v) is 32.2. The summed E-state index contributed by atoms with van der Waals surface area (Å²) in [6, 6.07) is 6.50. The summed E-state index contributed by atoms with van der Waals surface area (Å²) in [5.74, 6) is -1.06. The van der Waals surface area contributed by atoms with Crippen molar-refractivity contribution in [3.63, 3.8) is 0 Å². The summed E-state index contributed by atoms with van der Waals surface area (Å²) in [5, 5.41) is 6.85. The summed E-state index contributed by atoms with van der Waals surface area (Å²) in [7, 11) is -1.42. The predicted molar refractivity (Wildman–Crippen MR) is 188 cm³/mol. The van der Waals surface area contributed by atoms with Gasteiger partial charge in [0.2, 0.25) is 35.4 Å². The van der Waals surface area contributed by atoms with Gasteiger partial charge < -0.3 is 32.6 Å². The Balaban J connectivity index is 0.000000296. The molecule has 4 N–H and O–H groups in total. The first-order valence-corrected chi connectivity index (χ1v) is 18.1. The van der Waals surface area contributed by atoms with Crippen molar-refractivity contribution in [2.24, 2.45) is 7.05 Å². The number of urea groups is 2. The highest BCUT2D eigenvalue weighted by molar-refractivity contribution is 7.90. The van der Waals surface area contributed by atoms with Gasteiger partial charge in [0.05, 0.1) is 54.3 Å². The summed E-state index contributed by atoms with van der Waals surface area (Å²) in [6.07, 6.45) is 0. The summed E-state index contributed by atoms with van der Waals surface area (Å²) < 4.78 is 87.8. The van der Waals surface area contributed by atoms with E-state index in [9.17, 15) is 31.2 Å². The topological polar surface area (TPSA) is 302 Å². The van der Waals surface area contributed by atoms with Crippen LogP contribution in [0.25, 0.3) is 0 Å². The van der Waals surface area contributed by atoms with Gasteiger partial charge in [0.15, 0.2) is 21.7 Å². The molecule has 0 unspecified atom stereocenters. The Morgan fingerprint density at radius 2 is 1.20 bits per heavy atom. The maximum Gasteiger partial charge on any atom is 0.411 e. The molecule has 0 bridgehead atoms. The molecule has 1 aromatic carbocycles. The van der Waals surface area contributed by atoms with E-state index in [2.05, 4.69) is 40.4 Å². The molecule has 0 atom stereocenters. The van der Waals surface area contributed by atoms with Crippen LogP contribution in [0.1, 0.15) is 17.3 Å². The molecule has 4 amide bonds. The fraction of sp³-hybridized carbons (Fsp3) is 0.286. The maximum atomic E-state index is 12.6. The molecule has 27 heteroatoms. The van der Waals surface area contributed by atoms with Crippen molar-refractivity contribution in [1.29, 1.82) is 0 Å². The van der Waals surface area contributed by atoms with E-state index in [0.29, 0.717) is 6.61 Å². The SMILES string of the molecule is CCOc1ccccc1OS(=O)(=O)NC(=O)Nc1nc(OC)cc(OC)n1.COC(=O)c1c(Cl)nn(C)c1S(=O)(=O)NC(=O)Nc1nc(OC)cc(OC)n1. The Labute approximate surface area is 318 Å². The summed E-state index contributed by atoms with van der Waals surface area (Å²) in [5.41, 5.74) is -0.522. The van der Waals surface area contributed by atoms with Crippen LogP contribution in [0.15, 0.2) is 41.4 Å². The van der Waals surface area contributed by atoms with Crippen LogP contribution in [0.5, 0.6) is 35.0 Å². The van der Waals surface area contributed by atoms with Gasteiger partial charge in [-0.1, -0.05) is 23.7 Å². The Bertz CT molecular complexity index is 2200. The van der Waals surface area contributed by atoms with Crippen molar-refractivity contribution in [3.8, 4) is 35.0 Å². The second kappa shape index (κ2) is 19.1. The lowest BCUT2D eigenvalue weighted by Crippen LogP contribution is -2.37. The number of anilines is 2. The number of hydrogen-bond acceptors (Lipinski definition) is 19. The standard InChI is InChI=1S/C15H18N4O7S.C13H15ClN6O7S/c1-4-25-10-7-5-6-8-11(10)26-27(21,22)19-15(20)18-14-16-12(23-2)9-13(17-14)24-3;1-20-10(8(9(14)18-20)11(21)27-4)28(23,24)19-13(22)17-12-15-6(25-2)5-7(16-12)26-3/h5-9H,4H2,1-3H3,(H2,16,17,18,19,20);5H,1-4H3,(H2,15,16,17,19,22). The van der Waals surface area contributed by atoms with Crippen LogP contribution in [-0.4, -0.2) is 107 Å². The molecular formula is C28H33ClN10O14S2. The van der Waals surface area contributed by atoms with E-state index >= 15 is 0 Å². The minimum absolute atomic E-state index is 0.0661.